The minimum atomic E-state index is -1.23. The molecule has 14 heteroatoms. The van der Waals surface area contributed by atoms with Gasteiger partial charge in [-0.1, -0.05) is 64.9 Å². The molecule has 3 aromatic carbocycles. The fourth-order valence-corrected chi connectivity index (χ4v) is 6.48. The first-order valence-corrected chi connectivity index (χ1v) is 15.6. The number of carbonyl (C=O) groups is 1. The average Bonchev–Trinajstić information content (AvgIpc) is 3.33. The standard InChI is InChI=1S/C32H27Cl2N3O8S/c1-4-43-24-14-21(23(37(41)42)15-25(24)45-16-18-9-7-6-8-10-18)28-27(31(40)44-5-2)17(3)36-30(39)26(46-32(36)35-28)12-19-11-20(33)13-22(34)29(19)38/h6-15,28,38H,4-5,16H2,1-3H3/b26-12-/t28-/m1/s1. The van der Waals surface area contributed by atoms with Crippen LogP contribution in [0, 0.1) is 10.1 Å². The number of phenols is 1. The Morgan fingerprint density at radius 3 is 2.50 bits per heavy atom. The first-order valence-electron chi connectivity index (χ1n) is 14.0. The summed E-state index contributed by atoms with van der Waals surface area (Å²) in [6.45, 7) is 5.29. The van der Waals surface area contributed by atoms with Crippen LogP contribution in [-0.4, -0.2) is 33.8 Å². The van der Waals surface area contributed by atoms with Gasteiger partial charge in [0.2, 0.25) is 0 Å². The monoisotopic (exact) mass is 683 g/mol. The fourth-order valence-electron chi connectivity index (χ4n) is 4.94. The number of allylic oxidation sites excluding steroid dienone is 1. The Morgan fingerprint density at radius 2 is 1.83 bits per heavy atom. The molecule has 0 fully saturated rings. The summed E-state index contributed by atoms with van der Waals surface area (Å²) in [5.74, 6) is -0.712. The van der Waals surface area contributed by atoms with Gasteiger partial charge in [0, 0.05) is 16.3 Å². The van der Waals surface area contributed by atoms with E-state index in [4.69, 9.17) is 37.4 Å². The maximum Gasteiger partial charge on any atom is 0.338 e. The molecule has 5 rings (SSSR count). The van der Waals surface area contributed by atoms with Crippen molar-refractivity contribution < 1.29 is 29.0 Å². The number of carbonyl (C=O) groups excluding carboxylic acids is 1. The molecule has 0 spiro atoms. The van der Waals surface area contributed by atoms with E-state index in [-0.39, 0.29) is 84.5 Å². The Balaban J connectivity index is 1.72. The first kappa shape index (κ1) is 32.7. The van der Waals surface area contributed by atoms with Crippen LogP contribution < -0.4 is 24.4 Å². The molecular weight excluding hydrogens is 657 g/mol. The molecule has 0 saturated heterocycles. The molecule has 0 saturated carbocycles. The summed E-state index contributed by atoms with van der Waals surface area (Å²) in [5, 5.41) is 23.2. The predicted octanol–water partition coefficient (Wildman–Crippen LogP) is 5.81. The lowest BCUT2D eigenvalue weighted by Crippen LogP contribution is -2.35. The topological polar surface area (TPSA) is 142 Å². The number of halogens is 2. The summed E-state index contributed by atoms with van der Waals surface area (Å²) in [5.41, 5.74) is 0.301. The number of benzene rings is 3. The highest BCUT2D eigenvalue weighted by atomic mass is 35.5. The minimum Gasteiger partial charge on any atom is -0.506 e. The Kier molecular flexibility index (Phi) is 9.80. The number of phenolic OH excluding ortho intramolecular Hbond substituents is 1. The van der Waals surface area contributed by atoms with E-state index in [0.29, 0.717) is 0 Å². The van der Waals surface area contributed by atoms with Crippen molar-refractivity contribution in [2.75, 3.05) is 13.2 Å². The minimum absolute atomic E-state index is 0.000737. The SMILES string of the molecule is CCOC(=O)C1=C(C)n2c(s/c(=C\c3cc(Cl)cc(Cl)c3O)c2=O)=N[C@@H]1c1cc(OCC)c(OCc2ccccc2)cc1[N+](=O)[O-]. The first-order chi connectivity index (χ1) is 22.0. The van der Waals surface area contributed by atoms with Crippen LogP contribution in [0.3, 0.4) is 0 Å². The Labute approximate surface area is 276 Å². The molecule has 1 aromatic heterocycles. The highest BCUT2D eigenvalue weighted by molar-refractivity contribution is 7.07. The molecule has 0 aliphatic carbocycles. The van der Waals surface area contributed by atoms with Crippen LogP contribution in [-0.2, 0) is 16.1 Å². The lowest BCUT2D eigenvalue weighted by atomic mass is 9.94. The van der Waals surface area contributed by atoms with E-state index in [1.165, 1.54) is 41.8 Å². The maximum atomic E-state index is 13.6. The molecule has 0 bridgehead atoms. The number of fused-ring (bicyclic) bond motifs is 1. The van der Waals surface area contributed by atoms with Crippen LogP contribution in [0.15, 0.2) is 70.0 Å². The summed E-state index contributed by atoms with van der Waals surface area (Å²) >= 11 is 13.1. The number of hydrogen-bond acceptors (Lipinski definition) is 10. The van der Waals surface area contributed by atoms with Crippen molar-refractivity contribution in [1.29, 1.82) is 0 Å². The summed E-state index contributed by atoms with van der Waals surface area (Å²) in [6.07, 6.45) is 1.40. The zero-order valence-electron chi connectivity index (χ0n) is 24.8. The highest BCUT2D eigenvalue weighted by Crippen LogP contribution is 2.43. The van der Waals surface area contributed by atoms with Crippen LogP contribution in [0.2, 0.25) is 10.0 Å². The molecule has 0 unspecified atom stereocenters. The molecule has 238 valence electrons. The number of nitro groups is 1. The molecule has 4 aromatic rings. The van der Waals surface area contributed by atoms with E-state index in [9.17, 15) is 24.8 Å². The van der Waals surface area contributed by atoms with Crippen molar-refractivity contribution in [2.24, 2.45) is 4.99 Å². The van der Waals surface area contributed by atoms with Crippen molar-refractivity contribution in [3.05, 3.63) is 117 Å². The van der Waals surface area contributed by atoms with Crippen molar-refractivity contribution in [2.45, 2.75) is 33.4 Å². The fraction of sp³-hybridized carbons (Fsp3) is 0.219. The van der Waals surface area contributed by atoms with Gasteiger partial charge in [0.25, 0.3) is 11.2 Å². The Bertz CT molecular complexity index is 2060. The second-order valence-electron chi connectivity index (χ2n) is 9.93. The Morgan fingerprint density at radius 1 is 1.11 bits per heavy atom. The molecule has 11 nitrogen and oxygen atoms in total. The molecule has 1 aliphatic heterocycles. The molecule has 1 atom stereocenters. The number of thiazole rings is 1. The molecular formula is C32H27Cl2N3O8S. The van der Waals surface area contributed by atoms with Gasteiger partial charge in [0.05, 0.1) is 44.9 Å². The number of aromatic nitrogens is 1. The van der Waals surface area contributed by atoms with Gasteiger partial charge in [-0.25, -0.2) is 9.79 Å². The van der Waals surface area contributed by atoms with Gasteiger partial charge in [-0.15, -0.1) is 0 Å². The number of aromatic hydroxyl groups is 1. The zero-order chi connectivity index (χ0) is 33.1. The van der Waals surface area contributed by atoms with E-state index in [1.807, 2.05) is 30.3 Å². The normalized spacial score (nSPS) is 14.5. The molecule has 0 radical (unpaired) electrons. The van der Waals surface area contributed by atoms with E-state index in [2.05, 4.69) is 4.99 Å². The van der Waals surface area contributed by atoms with Crippen molar-refractivity contribution in [3.8, 4) is 17.2 Å². The van der Waals surface area contributed by atoms with Gasteiger partial charge in [-0.2, -0.15) is 0 Å². The molecule has 1 aliphatic rings. The van der Waals surface area contributed by atoms with Crippen LogP contribution in [0.5, 0.6) is 17.2 Å². The third-order valence-electron chi connectivity index (χ3n) is 7.01. The van der Waals surface area contributed by atoms with Crippen LogP contribution >= 0.6 is 34.5 Å². The molecule has 1 N–H and O–H groups in total. The van der Waals surface area contributed by atoms with E-state index in [1.54, 1.807) is 13.8 Å². The van der Waals surface area contributed by atoms with Crippen LogP contribution in [0.1, 0.15) is 43.5 Å². The lowest BCUT2D eigenvalue weighted by molar-refractivity contribution is -0.385. The van der Waals surface area contributed by atoms with Crippen molar-refractivity contribution in [3.63, 3.8) is 0 Å². The van der Waals surface area contributed by atoms with E-state index < -0.39 is 22.5 Å². The van der Waals surface area contributed by atoms with Crippen LogP contribution in [0.4, 0.5) is 5.69 Å². The second-order valence-corrected chi connectivity index (χ2v) is 11.8. The summed E-state index contributed by atoms with van der Waals surface area (Å²) in [4.78, 5) is 43.8. The predicted molar refractivity (Wildman–Crippen MR) is 174 cm³/mol. The lowest BCUT2D eigenvalue weighted by Gasteiger charge is -2.23. The van der Waals surface area contributed by atoms with Crippen molar-refractivity contribution >= 4 is 58.0 Å². The number of nitrogens with zero attached hydrogens (tertiary/aromatic N) is 3. The van der Waals surface area contributed by atoms with E-state index >= 15 is 0 Å². The van der Waals surface area contributed by atoms with Gasteiger partial charge in [-0.05, 0) is 50.6 Å². The second kappa shape index (κ2) is 13.8. The summed E-state index contributed by atoms with van der Waals surface area (Å²) < 4.78 is 18.5. The number of ether oxygens (including phenoxy) is 3. The Hall–Kier alpha value is -4.65. The van der Waals surface area contributed by atoms with Crippen LogP contribution in [0.25, 0.3) is 11.8 Å². The number of rotatable bonds is 10. The maximum absolute atomic E-state index is 13.6. The van der Waals surface area contributed by atoms with Gasteiger partial charge in [0.15, 0.2) is 16.3 Å². The number of esters is 1. The van der Waals surface area contributed by atoms with Gasteiger partial charge >= 0.3 is 5.97 Å². The highest BCUT2D eigenvalue weighted by Gasteiger charge is 2.36. The van der Waals surface area contributed by atoms with Gasteiger partial charge < -0.3 is 19.3 Å². The summed E-state index contributed by atoms with van der Waals surface area (Å²) in [6, 6.07) is 13.5. The molecule has 46 heavy (non-hydrogen) atoms. The molecule has 0 amide bonds. The van der Waals surface area contributed by atoms with E-state index in [0.717, 1.165) is 16.9 Å². The zero-order valence-corrected chi connectivity index (χ0v) is 27.1. The average molecular weight is 685 g/mol. The summed E-state index contributed by atoms with van der Waals surface area (Å²) in [7, 11) is 0. The third kappa shape index (κ3) is 6.50. The van der Waals surface area contributed by atoms with Crippen molar-refractivity contribution in [1.82, 2.24) is 4.57 Å². The van der Waals surface area contributed by atoms with Gasteiger partial charge in [0.1, 0.15) is 18.4 Å². The third-order valence-corrected chi connectivity index (χ3v) is 8.49. The number of nitro benzene ring substituents is 1. The molecule has 2 heterocycles. The largest absolute Gasteiger partial charge is 0.506 e. The van der Waals surface area contributed by atoms with Gasteiger partial charge in [-0.3, -0.25) is 19.5 Å². The smallest absolute Gasteiger partial charge is 0.338 e. The number of hydrogen-bond donors (Lipinski definition) is 1. The quantitative estimate of drug-likeness (QED) is 0.125.